The Bertz CT molecular complexity index is 609. The summed E-state index contributed by atoms with van der Waals surface area (Å²) in [5.41, 5.74) is 6.34. The normalized spacial score (nSPS) is 28.2. The average molecular weight is 367 g/mol. The molecule has 2 fully saturated rings. The summed E-state index contributed by atoms with van der Waals surface area (Å²) in [5, 5.41) is 3.24. The maximum absolute atomic E-state index is 13.6. The first kappa shape index (κ1) is 19.4. The number of rotatable bonds is 5. The molecule has 0 atom stereocenters. The van der Waals surface area contributed by atoms with Crippen LogP contribution in [-0.4, -0.2) is 42.3 Å². The number of halogens is 2. The van der Waals surface area contributed by atoms with Crippen molar-refractivity contribution in [1.29, 1.82) is 0 Å². The molecule has 3 N–H and O–H groups in total. The van der Waals surface area contributed by atoms with E-state index in [1.165, 1.54) is 6.07 Å². The topological polar surface area (TPSA) is 50.5 Å². The lowest BCUT2D eigenvalue weighted by molar-refractivity contribution is -0.0242. The van der Waals surface area contributed by atoms with E-state index in [0.29, 0.717) is 11.8 Å². The van der Waals surface area contributed by atoms with Crippen molar-refractivity contribution in [2.75, 3.05) is 30.7 Å². The lowest BCUT2D eigenvalue weighted by Crippen LogP contribution is -2.53. The van der Waals surface area contributed by atoms with Gasteiger partial charge in [-0.25, -0.2) is 8.78 Å². The van der Waals surface area contributed by atoms with Crippen LogP contribution in [0.4, 0.5) is 20.2 Å². The molecule has 146 valence electrons. The zero-order valence-electron chi connectivity index (χ0n) is 15.9. The monoisotopic (exact) mass is 367 g/mol. The molecule has 1 aliphatic carbocycles. The lowest BCUT2D eigenvalue weighted by Gasteiger charge is -2.48. The van der Waals surface area contributed by atoms with E-state index in [2.05, 4.69) is 24.1 Å². The predicted molar refractivity (Wildman–Crippen MR) is 101 cm³/mol. The summed E-state index contributed by atoms with van der Waals surface area (Å²) in [4.78, 5) is 2.59. The molecule has 1 heterocycles. The number of piperidine rings is 1. The van der Waals surface area contributed by atoms with Crippen LogP contribution < -0.4 is 11.1 Å². The van der Waals surface area contributed by atoms with Gasteiger partial charge >= 0.3 is 0 Å². The van der Waals surface area contributed by atoms with E-state index in [-0.39, 0.29) is 17.3 Å². The molecule has 0 amide bonds. The van der Waals surface area contributed by atoms with Crippen molar-refractivity contribution in [2.45, 2.75) is 70.1 Å². The van der Waals surface area contributed by atoms with Gasteiger partial charge in [-0.2, -0.15) is 0 Å². The van der Waals surface area contributed by atoms with Gasteiger partial charge in [0.05, 0.1) is 17.5 Å². The maximum atomic E-state index is 13.6. The van der Waals surface area contributed by atoms with E-state index in [1.807, 2.05) is 0 Å². The molecule has 1 aliphatic heterocycles. The number of nitrogens with zero attached hydrogens (tertiary/aromatic N) is 1. The fourth-order valence-corrected chi connectivity index (χ4v) is 4.42. The van der Waals surface area contributed by atoms with Crippen molar-refractivity contribution in [2.24, 2.45) is 0 Å². The zero-order chi connectivity index (χ0) is 18.7. The molecule has 1 saturated heterocycles. The molecule has 0 unspecified atom stereocenters. The highest BCUT2D eigenvalue weighted by atomic mass is 19.1. The third kappa shape index (κ3) is 4.29. The number of likely N-dealkylation sites (tertiary alicyclic amines) is 1. The van der Waals surface area contributed by atoms with Crippen LogP contribution in [0.1, 0.15) is 52.4 Å². The summed E-state index contributed by atoms with van der Waals surface area (Å²) in [6, 6.07) is 2.29. The second kappa shape index (κ2) is 8.09. The van der Waals surface area contributed by atoms with Gasteiger partial charge in [-0.05, 0) is 58.4 Å². The summed E-state index contributed by atoms with van der Waals surface area (Å²) < 4.78 is 32.8. The highest BCUT2D eigenvalue weighted by Crippen LogP contribution is 2.36. The van der Waals surface area contributed by atoms with Gasteiger partial charge in [0.15, 0.2) is 5.82 Å². The number of ether oxygens (including phenoxy) is 1. The molecule has 1 aromatic carbocycles. The molecular formula is C20H31F2N3O. The van der Waals surface area contributed by atoms with E-state index < -0.39 is 11.6 Å². The van der Waals surface area contributed by atoms with Gasteiger partial charge < -0.3 is 15.8 Å². The molecule has 6 heteroatoms. The quantitative estimate of drug-likeness (QED) is 0.767. The second-order valence-corrected chi connectivity index (χ2v) is 7.91. The maximum Gasteiger partial charge on any atom is 0.151 e. The standard InChI is InChI=1S/C20H31F2N3O/c1-3-26-16-4-8-20(2,9-5-16)25-10-6-15(7-11-25)24-18-13-14(21)12-17(22)19(18)23/h12-13,15-16,24H,3-11,23H2,1-2H3/t16-,20-. The number of nitrogens with one attached hydrogen (secondary N) is 1. The van der Waals surface area contributed by atoms with Crippen LogP contribution in [-0.2, 0) is 4.74 Å². The Balaban J connectivity index is 1.53. The minimum Gasteiger partial charge on any atom is -0.395 e. The molecular weight excluding hydrogens is 336 g/mol. The van der Waals surface area contributed by atoms with Gasteiger partial charge in [0.2, 0.25) is 0 Å². The number of nitrogen functional groups attached to an aromatic ring is 1. The molecule has 0 spiro atoms. The van der Waals surface area contributed by atoms with Crippen molar-refractivity contribution in [1.82, 2.24) is 4.90 Å². The number of benzene rings is 1. The minimum atomic E-state index is -0.705. The van der Waals surface area contributed by atoms with Crippen LogP contribution in [0, 0.1) is 11.6 Å². The van der Waals surface area contributed by atoms with Crippen LogP contribution in [0.15, 0.2) is 12.1 Å². The van der Waals surface area contributed by atoms with Gasteiger partial charge in [0.1, 0.15) is 5.82 Å². The summed E-state index contributed by atoms with van der Waals surface area (Å²) in [6.07, 6.45) is 6.89. The molecule has 1 saturated carbocycles. The Kier molecular flexibility index (Phi) is 6.03. The van der Waals surface area contributed by atoms with Crippen LogP contribution >= 0.6 is 0 Å². The van der Waals surface area contributed by atoms with Gasteiger partial charge in [-0.15, -0.1) is 0 Å². The highest BCUT2D eigenvalue weighted by Gasteiger charge is 2.38. The van der Waals surface area contributed by atoms with Crippen molar-refractivity contribution >= 4 is 11.4 Å². The number of hydrogen-bond donors (Lipinski definition) is 2. The number of anilines is 2. The van der Waals surface area contributed by atoms with Crippen molar-refractivity contribution in [3.63, 3.8) is 0 Å². The van der Waals surface area contributed by atoms with Gasteiger partial charge in [-0.1, -0.05) is 0 Å². The average Bonchev–Trinajstić information content (AvgIpc) is 2.62. The summed E-state index contributed by atoms with van der Waals surface area (Å²) >= 11 is 0. The molecule has 1 aromatic rings. The van der Waals surface area contributed by atoms with Crippen LogP contribution in [0.3, 0.4) is 0 Å². The summed E-state index contributed by atoms with van der Waals surface area (Å²) in [5.74, 6) is -1.31. The fourth-order valence-electron chi connectivity index (χ4n) is 4.42. The zero-order valence-corrected chi connectivity index (χ0v) is 15.9. The molecule has 2 aliphatic rings. The molecule has 0 radical (unpaired) electrons. The predicted octanol–water partition coefficient (Wildman–Crippen LogP) is 4.16. The molecule has 3 rings (SSSR count). The first-order chi connectivity index (χ1) is 12.4. The largest absolute Gasteiger partial charge is 0.395 e. The van der Waals surface area contributed by atoms with E-state index in [0.717, 1.165) is 64.3 Å². The Morgan fingerprint density at radius 1 is 1.19 bits per heavy atom. The molecule has 4 nitrogen and oxygen atoms in total. The van der Waals surface area contributed by atoms with Crippen molar-refractivity contribution < 1.29 is 13.5 Å². The third-order valence-corrected chi connectivity index (χ3v) is 6.12. The number of hydrogen-bond acceptors (Lipinski definition) is 4. The minimum absolute atomic E-state index is 0.00459. The summed E-state index contributed by atoms with van der Waals surface area (Å²) in [7, 11) is 0. The highest BCUT2D eigenvalue weighted by molar-refractivity contribution is 5.67. The summed E-state index contributed by atoms with van der Waals surface area (Å²) in [6.45, 7) is 7.20. The first-order valence-electron chi connectivity index (χ1n) is 9.79. The van der Waals surface area contributed by atoms with Crippen LogP contribution in [0.2, 0.25) is 0 Å². The fraction of sp³-hybridized carbons (Fsp3) is 0.700. The first-order valence-corrected chi connectivity index (χ1v) is 9.79. The van der Waals surface area contributed by atoms with E-state index >= 15 is 0 Å². The van der Waals surface area contributed by atoms with Gasteiger partial charge in [0.25, 0.3) is 0 Å². The van der Waals surface area contributed by atoms with Crippen molar-refractivity contribution in [3.8, 4) is 0 Å². The second-order valence-electron chi connectivity index (χ2n) is 7.91. The van der Waals surface area contributed by atoms with Crippen LogP contribution in [0.5, 0.6) is 0 Å². The van der Waals surface area contributed by atoms with E-state index in [1.54, 1.807) is 0 Å². The third-order valence-electron chi connectivity index (χ3n) is 6.12. The van der Waals surface area contributed by atoms with Gasteiger partial charge in [-0.3, -0.25) is 4.90 Å². The van der Waals surface area contributed by atoms with E-state index in [4.69, 9.17) is 10.5 Å². The lowest BCUT2D eigenvalue weighted by atomic mass is 9.79. The molecule has 0 bridgehead atoms. The van der Waals surface area contributed by atoms with Crippen LogP contribution in [0.25, 0.3) is 0 Å². The Morgan fingerprint density at radius 2 is 1.85 bits per heavy atom. The SMILES string of the molecule is CCO[C@H]1CC[C@](C)(N2CCC(Nc3cc(F)cc(F)c3N)CC2)CC1. The smallest absolute Gasteiger partial charge is 0.151 e. The Hall–Kier alpha value is -1.40. The van der Waals surface area contributed by atoms with E-state index in [9.17, 15) is 8.78 Å². The van der Waals surface area contributed by atoms with Gasteiger partial charge in [0, 0.05) is 37.3 Å². The number of nitrogens with two attached hydrogens (primary N) is 1. The molecule has 26 heavy (non-hydrogen) atoms. The van der Waals surface area contributed by atoms with Crippen molar-refractivity contribution in [3.05, 3.63) is 23.8 Å². The molecule has 0 aromatic heterocycles. The Morgan fingerprint density at radius 3 is 2.46 bits per heavy atom. The Labute approximate surface area is 155 Å².